The molecule has 3 rings (SSSR count). The van der Waals surface area contributed by atoms with Gasteiger partial charge in [-0.3, -0.25) is 14.9 Å². The van der Waals surface area contributed by atoms with Crippen molar-refractivity contribution in [3.63, 3.8) is 0 Å². The van der Waals surface area contributed by atoms with Crippen LogP contribution >= 0.6 is 11.8 Å². The maximum Gasteiger partial charge on any atom is 0.269 e. The van der Waals surface area contributed by atoms with Gasteiger partial charge in [0.1, 0.15) is 6.04 Å². The van der Waals surface area contributed by atoms with Gasteiger partial charge < -0.3 is 4.90 Å². The number of fused-ring (bicyclic) bond motifs is 1. The highest BCUT2D eigenvalue weighted by Crippen LogP contribution is 2.23. The third-order valence-corrected chi connectivity index (χ3v) is 4.33. The number of amidine groups is 1. The number of rotatable bonds is 2. The molecular formula is C12H12N4O3S. The van der Waals surface area contributed by atoms with Crippen molar-refractivity contribution in [1.29, 1.82) is 0 Å². The largest absolute Gasteiger partial charge is 0.341 e. The molecule has 7 nitrogen and oxygen atoms in total. The number of hydrogen-bond donors (Lipinski definition) is 1. The molecule has 1 fully saturated rings. The molecule has 20 heavy (non-hydrogen) atoms. The Bertz CT molecular complexity index is 587. The van der Waals surface area contributed by atoms with Crippen LogP contribution in [0.3, 0.4) is 0 Å². The molecule has 2 aliphatic heterocycles. The van der Waals surface area contributed by atoms with Crippen LogP contribution in [0.2, 0.25) is 0 Å². The maximum absolute atomic E-state index is 11.8. The zero-order chi connectivity index (χ0) is 14.1. The van der Waals surface area contributed by atoms with Gasteiger partial charge in [0.15, 0.2) is 5.84 Å². The lowest BCUT2D eigenvalue weighted by Crippen LogP contribution is -2.57. The Morgan fingerprint density at radius 3 is 2.85 bits per heavy atom. The lowest BCUT2D eigenvalue weighted by molar-refractivity contribution is -0.384. The number of benzene rings is 1. The predicted octanol–water partition coefficient (Wildman–Crippen LogP) is 0.804. The third kappa shape index (κ3) is 2.22. The summed E-state index contributed by atoms with van der Waals surface area (Å²) >= 11 is 1.74. The van der Waals surface area contributed by atoms with Gasteiger partial charge in [-0.15, -0.1) is 0 Å². The Kier molecular flexibility index (Phi) is 3.31. The number of hydrogen-bond acceptors (Lipinski definition) is 6. The molecule has 1 aromatic rings. The summed E-state index contributed by atoms with van der Waals surface area (Å²) in [5, 5.41) is 14.8. The molecule has 0 radical (unpaired) electrons. The van der Waals surface area contributed by atoms with Gasteiger partial charge in [-0.25, -0.2) is 5.43 Å². The van der Waals surface area contributed by atoms with Crippen molar-refractivity contribution in [3.05, 3.63) is 39.9 Å². The second-order valence-electron chi connectivity index (χ2n) is 4.50. The van der Waals surface area contributed by atoms with E-state index < -0.39 is 4.92 Å². The molecule has 1 unspecified atom stereocenters. The number of nitrogens with one attached hydrogen (secondary N) is 1. The number of nitro groups is 1. The van der Waals surface area contributed by atoms with Gasteiger partial charge in [0.25, 0.3) is 11.6 Å². The van der Waals surface area contributed by atoms with Gasteiger partial charge >= 0.3 is 0 Å². The second-order valence-corrected chi connectivity index (χ2v) is 5.65. The SMILES string of the molecule is O=C1NN=C(c2ccc([N+](=O)[O-])cc2)N2CCSCC12. The van der Waals surface area contributed by atoms with Gasteiger partial charge in [-0.1, -0.05) is 0 Å². The number of nitro benzene ring substituents is 1. The van der Waals surface area contributed by atoms with E-state index in [1.807, 2.05) is 4.90 Å². The number of thioether (sulfide) groups is 1. The van der Waals surface area contributed by atoms with Crippen LogP contribution < -0.4 is 5.43 Å². The first-order valence-corrected chi connectivity index (χ1v) is 7.29. The average Bonchev–Trinajstić information content (AvgIpc) is 2.48. The summed E-state index contributed by atoms with van der Waals surface area (Å²) in [6.07, 6.45) is 0. The minimum absolute atomic E-state index is 0.0416. The minimum Gasteiger partial charge on any atom is -0.341 e. The van der Waals surface area contributed by atoms with Crippen LogP contribution in [-0.2, 0) is 4.79 Å². The van der Waals surface area contributed by atoms with E-state index >= 15 is 0 Å². The highest BCUT2D eigenvalue weighted by Gasteiger charge is 2.35. The zero-order valence-corrected chi connectivity index (χ0v) is 11.3. The molecule has 1 aromatic carbocycles. The summed E-state index contributed by atoms with van der Waals surface area (Å²) in [7, 11) is 0. The lowest BCUT2D eigenvalue weighted by atomic mass is 10.1. The molecule has 0 aliphatic carbocycles. The lowest BCUT2D eigenvalue weighted by Gasteiger charge is -2.38. The van der Waals surface area contributed by atoms with Crippen molar-refractivity contribution < 1.29 is 9.72 Å². The van der Waals surface area contributed by atoms with E-state index in [4.69, 9.17) is 0 Å². The van der Waals surface area contributed by atoms with Gasteiger partial charge in [0, 0.05) is 35.7 Å². The molecule has 0 aromatic heterocycles. The molecule has 1 amide bonds. The summed E-state index contributed by atoms with van der Waals surface area (Å²) in [6, 6.07) is 6.00. The van der Waals surface area contributed by atoms with E-state index in [1.54, 1.807) is 23.9 Å². The quantitative estimate of drug-likeness (QED) is 0.643. The Labute approximate surface area is 119 Å². The van der Waals surface area contributed by atoms with E-state index in [0.717, 1.165) is 23.6 Å². The highest BCUT2D eigenvalue weighted by atomic mass is 32.2. The topological polar surface area (TPSA) is 87.8 Å². The average molecular weight is 292 g/mol. The Hall–Kier alpha value is -2.09. The van der Waals surface area contributed by atoms with Gasteiger partial charge in [0.2, 0.25) is 0 Å². The van der Waals surface area contributed by atoms with Crippen molar-refractivity contribution in [2.75, 3.05) is 18.1 Å². The Balaban J connectivity index is 1.92. The molecule has 1 saturated heterocycles. The van der Waals surface area contributed by atoms with Crippen molar-refractivity contribution in [3.8, 4) is 0 Å². The van der Waals surface area contributed by atoms with Crippen LogP contribution in [0.15, 0.2) is 29.4 Å². The summed E-state index contributed by atoms with van der Waals surface area (Å²) < 4.78 is 0. The molecule has 1 N–H and O–H groups in total. The summed E-state index contributed by atoms with van der Waals surface area (Å²) in [6.45, 7) is 0.749. The second kappa shape index (κ2) is 5.12. The smallest absolute Gasteiger partial charge is 0.269 e. The fourth-order valence-corrected chi connectivity index (χ4v) is 3.33. The van der Waals surface area contributed by atoms with E-state index in [1.165, 1.54) is 12.1 Å². The van der Waals surface area contributed by atoms with E-state index in [9.17, 15) is 14.9 Å². The van der Waals surface area contributed by atoms with Crippen LogP contribution in [-0.4, -0.2) is 45.7 Å². The first kappa shape index (κ1) is 12.9. The summed E-state index contributed by atoms with van der Waals surface area (Å²) in [5.74, 6) is 2.25. The van der Waals surface area contributed by atoms with E-state index in [0.29, 0.717) is 5.84 Å². The van der Waals surface area contributed by atoms with Crippen molar-refractivity contribution in [2.24, 2.45) is 5.10 Å². The molecule has 1 atom stereocenters. The number of non-ortho nitro benzene ring substituents is 1. The number of amides is 1. The van der Waals surface area contributed by atoms with Crippen molar-refractivity contribution in [2.45, 2.75) is 6.04 Å². The zero-order valence-electron chi connectivity index (χ0n) is 10.5. The van der Waals surface area contributed by atoms with Crippen molar-refractivity contribution >= 4 is 29.2 Å². The van der Waals surface area contributed by atoms with E-state index in [-0.39, 0.29) is 17.6 Å². The number of carbonyl (C=O) groups excluding carboxylic acids is 1. The number of hydrazone groups is 1. The molecule has 2 heterocycles. The first-order chi connectivity index (χ1) is 9.66. The molecule has 0 bridgehead atoms. The van der Waals surface area contributed by atoms with Crippen molar-refractivity contribution in [1.82, 2.24) is 10.3 Å². The molecule has 0 saturated carbocycles. The van der Waals surface area contributed by atoms with Crippen LogP contribution in [0.4, 0.5) is 5.69 Å². The van der Waals surface area contributed by atoms with Gasteiger partial charge in [-0.2, -0.15) is 16.9 Å². The maximum atomic E-state index is 11.8. The van der Waals surface area contributed by atoms with Gasteiger partial charge in [0.05, 0.1) is 4.92 Å². The molecule has 2 aliphatic rings. The van der Waals surface area contributed by atoms with Gasteiger partial charge in [-0.05, 0) is 12.1 Å². The van der Waals surface area contributed by atoms with Crippen LogP contribution in [0.25, 0.3) is 0 Å². The summed E-state index contributed by atoms with van der Waals surface area (Å²) in [5.41, 5.74) is 3.34. The summed E-state index contributed by atoms with van der Waals surface area (Å²) in [4.78, 5) is 24.0. The fraction of sp³-hybridized carbons (Fsp3) is 0.333. The van der Waals surface area contributed by atoms with Crippen LogP contribution in [0, 0.1) is 10.1 Å². The molecule has 0 spiro atoms. The Morgan fingerprint density at radius 2 is 2.15 bits per heavy atom. The predicted molar refractivity (Wildman–Crippen MR) is 75.6 cm³/mol. The molecule has 8 heteroatoms. The molecule has 104 valence electrons. The van der Waals surface area contributed by atoms with Crippen LogP contribution in [0.1, 0.15) is 5.56 Å². The highest BCUT2D eigenvalue weighted by molar-refractivity contribution is 7.99. The third-order valence-electron chi connectivity index (χ3n) is 3.31. The number of nitrogens with zero attached hydrogens (tertiary/aromatic N) is 3. The monoisotopic (exact) mass is 292 g/mol. The first-order valence-electron chi connectivity index (χ1n) is 6.13. The van der Waals surface area contributed by atoms with Crippen LogP contribution in [0.5, 0.6) is 0 Å². The standard InChI is InChI=1S/C12H12N4O3S/c17-12-10-7-20-6-5-15(10)11(13-14-12)8-1-3-9(4-2-8)16(18)19/h1-4,10H,5-7H2,(H,14,17). The number of carbonyl (C=O) groups is 1. The molecular weight excluding hydrogens is 280 g/mol. The minimum atomic E-state index is -0.436. The van der Waals surface area contributed by atoms with E-state index in [2.05, 4.69) is 10.5 Å². The Morgan fingerprint density at radius 1 is 1.40 bits per heavy atom. The fourth-order valence-electron chi connectivity index (χ4n) is 2.28. The normalized spacial score (nSPS) is 21.8.